The van der Waals surface area contributed by atoms with Crippen LogP contribution in [0.1, 0.15) is 6.92 Å². The molecule has 0 saturated carbocycles. The minimum Gasteiger partial charge on any atom is -0.373 e. The zero-order valence-corrected chi connectivity index (χ0v) is 10.2. The first kappa shape index (κ1) is 13.7. The Hall–Kier alpha value is -2.38. The summed E-state index contributed by atoms with van der Waals surface area (Å²) in [5, 5.41) is 19.0. The van der Waals surface area contributed by atoms with Crippen molar-refractivity contribution in [1.82, 2.24) is 10.3 Å². The molecule has 98 valence electrons. The highest BCUT2D eigenvalue weighted by molar-refractivity contribution is 5.72. The Morgan fingerprint density at radius 3 is 2.61 bits per heavy atom. The summed E-state index contributed by atoms with van der Waals surface area (Å²) < 4.78 is 0. The number of pyridine rings is 1. The second-order valence-electron chi connectivity index (χ2n) is 3.51. The van der Waals surface area contributed by atoms with Crippen LogP contribution in [0.4, 0.5) is 17.3 Å². The van der Waals surface area contributed by atoms with Gasteiger partial charge in [-0.15, -0.1) is 0 Å². The number of carbonyl (C=O) groups is 1. The van der Waals surface area contributed by atoms with Crippen LogP contribution in [0.3, 0.4) is 0 Å². The highest BCUT2D eigenvalue weighted by Gasteiger charge is 2.10. The van der Waals surface area contributed by atoms with Gasteiger partial charge in [0.05, 0.1) is 17.1 Å². The number of nitro groups is 1. The summed E-state index contributed by atoms with van der Waals surface area (Å²) in [6, 6.07) is 2.69. The van der Waals surface area contributed by atoms with Gasteiger partial charge in [-0.2, -0.15) is 0 Å². The molecule has 1 rings (SSSR count). The maximum absolute atomic E-state index is 10.7. The molecule has 0 spiro atoms. The van der Waals surface area contributed by atoms with Crippen molar-refractivity contribution in [3.05, 3.63) is 22.2 Å². The first-order valence-electron chi connectivity index (χ1n) is 5.35. The Morgan fingerprint density at radius 1 is 1.39 bits per heavy atom. The summed E-state index contributed by atoms with van der Waals surface area (Å²) in [5.41, 5.74) is -0.0450. The largest absolute Gasteiger partial charge is 0.373 e. The van der Waals surface area contributed by atoms with Crippen molar-refractivity contribution >= 4 is 23.2 Å². The van der Waals surface area contributed by atoms with Gasteiger partial charge in [0.15, 0.2) is 0 Å². The number of nitrogens with one attached hydrogen (secondary N) is 3. The minimum atomic E-state index is -0.485. The molecule has 8 nitrogen and oxygen atoms in total. The van der Waals surface area contributed by atoms with Crippen molar-refractivity contribution < 1.29 is 9.72 Å². The molecule has 0 bridgehead atoms. The van der Waals surface area contributed by atoms with Crippen LogP contribution in [0.15, 0.2) is 12.1 Å². The number of hydrogen-bond acceptors (Lipinski definition) is 6. The third-order valence-corrected chi connectivity index (χ3v) is 2.08. The molecule has 3 N–H and O–H groups in total. The van der Waals surface area contributed by atoms with E-state index in [1.54, 1.807) is 7.05 Å². The van der Waals surface area contributed by atoms with Crippen molar-refractivity contribution in [2.45, 2.75) is 6.92 Å². The molecule has 1 aromatic heterocycles. The molecule has 0 saturated heterocycles. The molecule has 0 aromatic carbocycles. The lowest BCUT2D eigenvalue weighted by Gasteiger charge is -2.07. The van der Waals surface area contributed by atoms with E-state index in [0.717, 1.165) is 0 Å². The fourth-order valence-electron chi connectivity index (χ4n) is 1.27. The van der Waals surface area contributed by atoms with Crippen LogP contribution in [0.2, 0.25) is 0 Å². The number of nitrogens with zero attached hydrogens (tertiary/aromatic N) is 2. The third kappa shape index (κ3) is 4.24. The molecule has 0 aliphatic carbocycles. The standard InChI is InChI=1S/C10H15N5O3/c1-7(16)12-3-4-13-10-6-8(15(17)18)5-9(11-2)14-10/h5-6H,3-4H2,1-2H3,(H,12,16)(H2,11,13,14). The van der Waals surface area contributed by atoms with E-state index in [2.05, 4.69) is 20.9 Å². The maximum Gasteiger partial charge on any atom is 0.276 e. The highest BCUT2D eigenvalue weighted by atomic mass is 16.6. The molecule has 1 heterocycles. The van der Waals surface area contributed by atoms with Crippen LogP contribution in [-0.2, 0) is 4.79 Å². The van der Waals surface area contributed by atoms with E-state index in [-0.39, 0.29) is 11.6 Å². The van der Waals surface area contributed by atoms with Gasteiger partial charge in [-0.3, -0.25) is 14.9 Å². The molecular formula is C10H15N5O3. The van der Waals surface area contributed by atoms with Crippen LogP contribution in [0.25, 0.3) is 0 Å². The van der Waals surface area contributed by atoms with Crippen molar-refractivity contribution in [2.24, 2.45) is 0 Å². The first-order chi connectivity index (χ1) is 8.52. The van der Waals surface area contributed by atoms with Crippen LogP contribution >= 0.6 is 0 Å². The van der Waals surface area contributed by atoms with Crippen LogP contribution in [-0.4, -0.2) is 36.0 Å². The van der Waals surface area contributed by atoms with Gasteiger partial charge in [0.2, 0.25) is 5.91 Å². The quantitative estimate of drug-likeness (QED) is 0.388. The molecular weight excluding hydrogens is 238 g/mol. The molecule has 18 heavy (non-hydrogen) atoms. The molecule has 0 unspecified atom stereocenters. The molecule has 8 heteroatoms. The molecule has 0 atom stereocenters. The van der Waals surface area contributed by atoms with Gasteiger partial charge in [-0.25, -0.2) is 4.98 Å². The predicted octanol–water partition coefficient (Wildman–Crippen LogP) is 0.579. The Morgan fingerprint density at radius 2 is 2.06 bits per heavy atom. The van der Waals surface area contributed by atoms with Crippen molar-refractivity contribution in [3.8, 4) is 0 Å². The molecule has 0 fully saturated rings. The Bertz CT molecular complexity index is 449. The number of hydrogen-bond donors (Lipinski definition) is 3. The Balaban J connectivity index is 2.66. The second-order valence-corrected chi connectivity index (χ2v) is 3.51. The minimum absolute atomic E-state index is 0.0450. The van der Waals surface area contributed by atoms with Crippen LogP contribution in [0, 0.1) is 10.1 Å². The second kappa shape index (κ2) is 6.38. The van der Waals surface area contributed by atoms with Gasteiger partial charge in [0.1, 0.15) is 11.6 Å². The average molecular weight is 253 g/mol. The lowest BCUT2D eigenvalue weighted by Crippen LogP contribution is -2.26. The SMILES string of the molecule is CNc1cc([N+](=O)[O-])cc(NCCNC(C)=O)n1. The van der Waals surface area contributed by atoms with E-state index < -0.39 is 4.92 Å². The normalized spacial score (nSPS) is 9.67. The first-order valence-corrected chi connectivity index (χ1v) is 5.35. The summed E-state index contributed by atoms with van der Waals surface area (Å²) in [7, 11) is 1.63. The van der Waals surface area contributed by atoms with E-state index in [1.165, 1.54) is 19.1 Å². The summed E-state index contributed by atoms with van der Waals surface area (Å²) in [5.74, 6) is 0.671. The summed E-state index contributed by atoms with van der Waals surface area (Å²) >= 11 is 0. The highest BCUT2D eigenvalue weighted by Crippen LogP contribution is 2.19. The number of amides is 1. The van der Waals surface area contributed by atoms with Gasteiger partial charge < -0.3 is 16.0 Å². The maximum atomic E-state index is 10.7. The lowest BCUT2D eigenvalue weighted by molar-refractivity contribution is -0.384. The van der Waals surface area contributed by atoms with E-state index in [0.29, 0.717) is 24.7 Å². The average Bonchev–Trinajstić information content (AvgIpc) is 2.34. The van der Waals surface area contributed by atoms with E-state index in [9.17, 15) is 14.9 Å². The summed E-state index contributed by atoms with van der Waals surface area (Å²) in [6.07, 6.45) is 0. The van der Waals surface area contributed by atoms with Gasteiger partial charge in [0.25, 0.3) is 5.69 Å². The van der Waals surface area contributed by atoms with Gasteiger partial charge >= 0.3 is 0 Å². The number of rotatable bonds is 6. The lowest BCUT2D eigenvalue weighted by atomic mass is 10.3. The molecule has 1 aromatic rings. The van der Waals surface area contributed by atoms with Crippen LogP contribution in [0.5, 0.6) is 0 Å². The van der Waals surface area contributed by atoms with Crippen molar-refractivity contribution in [2.75, 3.05) is 30.8 Å². The summed E-state index contributed by atoms with van der Waals surface area (Å²) in [6.45, 7) is 2.29. The smallest absolute Gasteiger partial charge is 0.276 e. The zero-order valence-electron chi connectivity index (χ0n) is 10.2. The third-order valence-electron chi connectivity index (χ3n) is 2.08. The fraction of sp³-hybridized carbons (Fsp3) is 0.400. The molecule has 1 amide bonds. The monoisotopic (exact) mass is 253 g/mol. The van der Waals surface area contributed by atoms with E-state index in [1.807, 2.05) is 0 Å². The van der Waals surface area contributed by atoms with E-state index >= 15 is 0 Å². The number of anilines is 2. The van der Waals surface area contributed by atoms with E-state index in [4.69, 9.17) is 0 Å². The fourth-order valence-corrected chi connectivity index (χ4v) is 1.27. The summed E-state index contributed by atoms with van der Waals surface area (Å²) in [4.78, 5) is 25.0. The Labute approximate surface area is 104 Å². The Kier molecular flexibility index (Phi) is 4.85. The molecule has 0 radical (unpaired) electrons. The molecule has 0 aliphatic heterocycles. The zero-order chi connectivity index (χ0) is 13.5. The van der Waals surface area contributed by atoms with Gasteiger partial charge in [0, 0.05) is 27.1 Å². The van der Waals surface area contributed by atoms with Crippen molar-refractivity contribution in [3.63, 3.8) is 0 Å². The van der Waals surface area contributed by atoms with Gasteiger partial charge in [-0.1, -0.05) is 0 Å². The number of aromatic nitrogens is 1. The molecule has 0 aliphatic rings. The topological polar surface area (TPSA) is 109 Å². The van der Waals surface area contributed by atoms with Crippen molar-refractivity contribution in [1.29, 1.82) is 0 Å². The predicted molar refractivity (Wildman–Crippen MR) is 67.6 cm³/mol. The van der Waals surface area contributed by atoms with Crippen LogP contribution < -0.4 is 16.0 Å². The number of carbonyl (C=O) groups excluding carboxylic acids is 1. The van der Waals surface area contributed by atoms with Gasteiger partial charge in [-0.05, 0) is 0 Å².